The summed E-state index contributed by atoms with van der Waals surface area (Å²) in [5, 5.41) is 0. The van der Waals surface area contributed by atoms with Crippen molar-refractivity contribution in [2.75, 3.05) is 0 Å². The summed E-state index contributed by atoms with van der Waals surface area (Å²) in [5.74, 6) is 0. The van der Waals surface area contributed by atoms with Crippen LogP contribution in [0.25, 0.3) is 0 Å². The lowest BCUT2D eigenvalue weighted by Crippen LogP contribution is -2.29. The van der Waals surface area contributed by atoms with Crippen molar-refractivity contribution in [3.63, 3.8) is 0 Å². The minimum absolute atomic E-state index is 0.392. The molecule has 1 aromatic rings. The van der Waals surface area contributed by atoms with E-state index < -0.39 is 0 Å². The third kappa shape index (κ3) is 3.71. The molecular weight excluding hydrogens is 384 g/mol. The van der Waals surface area contributed by atoms with Crippen molar-refractivity contribution in [2.45, 2.75) is 167 Å². The van der Waals surface area contributed by atoms with Crippen LogP contribution in [0.5, 0.6) is 0 Å². The maximum absolute atomic E-state index is 2.85. The molecule has 0 nitrogen and oxygen atoms in total. The highest BCUT2D eigenvalue weighted by Crippen LogP contribution is 2.63. The van der Waals surface area contributed by atoms with Gasteiger partial charge in [-0.25, -0.2) is 0 Å². The molecule has 2 aliphatic rings. The van der Waals surface area contributed by atoms with Crippen LogP contribution in [0.3, 0.4) is 0 Å². The zero-order valence-electron chi connectivity index (χ0n) is 23.1. The Bertz CT molecular complexity index is 685. The van der Waals surface area contributed by atoms with Gasteiger partial charge in [0.25, 0.3) is 0 Å². The summed E-state index contributed by atoms with van der Waals surface area (Å²) in [5.41, 5.74) is 8.75. The normalized spacial score (nSPS) is 21.5. The first-order valence-electron chi connectivity index (χ1n) is 14.6. The van der Waals surface area contributed by atoms with Crippen molar-refractivity contribution in [1.29, 1.82) is 0 Å². The molecule has 0 N–H and O–H groups in total. The van der Waals surface area contributed by atoms with Crippen LogP contribution in [-0.4, -0.2) is 0 Å². The molecule has 0 fully saturated rings. The number of hydrogen-bond acceptors (Lipinski definition) is 0. The van der Waals surface area contributed by atoms with E-state index in [9.17, 15) is 0 Å². The van der Waals surface area contributed by atoms with Crippen LogP contribution in [0, 0.1) is 0 Å². The molecule has 2 aliphatic carbocycles. The number of benzene rings is 1. The second-order valence-electron chi connectivity index (χ2n) is 11.8. The molecule has 0 atom stereocenters. The molecule has 3 rings (SSSR count). The van der Waals surface area contributed by atoms with Gasteiger partial charge in [-0.2, -0.15) is 0 Å². The molecule has 0 heteroatoms. The zero-order valence-corrected chi connectivity index (χ0v) is 23.1. The van der Waals surface area contributed by atoms with Gasteiger partial charge in [0, 0.05) is 0 Å². The molecule has 182 valence electrons. The number of fused-ring (bicyclic) bond motifs is 2. The van der Waals surface area contributed by atoms with E-state index in [1.54, 1.807) is 22.3 Å². The first-order chi connectivity index (χ1) is 15.4. The van der Waals surface area contributed by atoms with Gasteiger partial charge in [0.05, 0.1) is 0 Å². The van der Waals surface area contributed by atoms with E-state index in [1.165, 1.54) is 89.9 Å². The number of hydrogen-bond donors (Lipinski definition) is 0. The minimum atomic E-state index is 0.392. The summed E-state index contributed by atoms with van der Waals surface area (Å²) in [7, 11) is 0. The Morgan fingerprint density at radius 2 is 0.688 bits per heavy atom. The second-order valence-corrected chi connectivity index (χ2v) is 11.8. The lowest BCUT2D eigenvalue weighted by Gasteiger charge is -2.36. The first-order valence-corrected chi connectivity index (χ1v) is 14.6. The average Bonchev–Trinajstić information content (AvgIpc) is 3.22. The van der Waals surface area contributed by atoms with Crippen molar-refractivity contribution in [3.05, 3.63) is 34.4 Å². The van der Waals surface area contributed by atoms with Gasteiger partial charge in [-0.05, 0) is 108 Å². The fourth-order valence-corrected chi connectivity index (χ4v) is 8.85. The number of rotatable bonds is 12. The average molecular weight is 439 g/mol. The third-order valence-corrected chi connectivity index (χ3v) is 10.4. The molecule has 0 bridgehead atoms. The third-order valence-electron chi connectivity index (χ3n) is 10.4. The monoisotopic (exact) mass is 438 g/mol. The maximum Gasteiger partial charge on any atom is -0.00357 e. The Hall–Kier alpha value is -0.780. The zero-order chi connectivity index (χ0) is 23.6. The van der Waals surface area contributed by atoms with Gasteiger partial charge in [-0.1, -0.05) is 93.2 Å². The van der Waals surface area contributed by atoms with Crippen LogP contribution in [0.15, 0.2) is 12.1 Å². The van der Waals surface area contributed by atoms with Crippen LogP contribution < -0.4 is 0 Å². The fraction of sp³-hybridized carbons (Fsp3) is 0.812. The maximum atomic E-state index is 2.85. The second kappa shape index (κ2) is 9.84. The molecule has 0 aliphatic heterocycles. The summed E-state index contributed by atoms with van der Waals surface area (Å²) < 4.78 is 0. The van der Waals surface area contributed by atoms with Crippen LogP contribution in [-0.2, 0) is 21.7 Å². The highest BCUT2D eigenvalue weighted by molar-refractivity contribution is 5.57. The molecule has 32 heavy (non-hydrogen) atoms. The van der Waals surface area contributed by atoms with Gasteiger partial charge in [0.2, 0.25) is 0 Å². The Morgan fingerprint density at radius 3 is 0.906 bits per heavy atom. The Balaban J connectivity index is 2.37. The van der Waals surface area contributed by atoms with Crippen LogP contribution in [0.1, 0.15) is 168 Å². The van der Waals surface area contributed by atoms with Crippen molar-refractivity contribution in [2.24, 2.45) is 0 Å². The van der Waals surface area contributed by atoms with E-state index in [2.05, 4.69) is 67.5 Å². The van der Waals surface area contributed by atoms with E-state index in [0.29, 0.717) is 21.7 Å². The van der Waals surface area contributed by atoms with Gasteiger partial charge in [0.1, 0.15) is 0 Å². The van der Waals surface area contributed by atoms with Gasteiger partial charge >= 0.3 is 0 Å². The van der Waals surface area contributed by atoms with Gasteiger partial charge in [-0.15, -0.1) is 0 Å². The van der Waals surface area contributed by atoms with Crippen LogP contribution >= 0.6 is 0 Å². The van der Waals surface area contributed by atoms with Crippen molar-refractivity contribution < 1.29 is 0 Å². The fourth-order valence-electron chi connectivity index (χ4n) is 8.85. The van der Waals surface area contributed by atoms with Crippen molar-refractivity contribution >= 4 is 0 Å². The van der Waals surface area contributed by atoms with Crippen LogP contribution in [0.2, 0.25) is 0 Å². The largest absolute Gasteiger partial charge is 0.0654 e. The van der Waals surface area contributed by atoms with E-state index in [-0.39, 0.29) is 0 Å². The SMILES string of the molecule is CCCC1(CCC)CC(CC)(CC)c2cc3c(cc21)C(CCC)(CCC)CC3(CC)CC. The molecule has 0 unspecified atom stereocenters. The minimum Gasteiger partial charge on any atom is -0.0654 e. The molecule has 0 aromatic heterocycles. The van der Waals surface area contributed by atoms with E-state index >= 15 is 0 Å². The van der Waals surface area contributed by atoms with Crippen LogP contribution in [0.4, 0.5) is 0 Å². The summed E-state index contributed by atoms with van der Waals surface area (Å²) in [4.78, 5) is 0. The van der Waals surface area contributed by atoms with Crippen molar-refractivity contribution in [3.8, 4) is 0 Å². The summed E-state index contributed by atoms with van der Waals surface area (Å²) in [6.45, 7) is 19.6. The lowest BCUT2D eigenvalue weighted by molar-refractivity contribution is 0.261. The molecule has 0 amide bonds. The molecule has 0 spiro atoms. The highest BCUT2D eigenvalue weighted by Gasteiger charge is 2.54. The summed E-state index contributed by atoms with van der Waals surface area (Å²) in [6, 6.07) is 5.67. The van der Waals surface area contributed by atoms with Gasteiger partial charge in [0.15, 0.2) is 0 Å². The molecule has 1 aromatic carbocycles. The van der Waals surface area contributed by atoms with Gasteiger partial charge < -0.3 is 0 Å². The molecular formula is C32H54. The quantitative estimate of drug-likeness (QED) is 0.304. The molecule has 0 heterocycles. The molecule has 0 saturated carbocycles. The standard InChI is InChI=1S/C32H54/c1-9-17-31(18-10-2)23-29(13-5,14-6)25-21-26-28(22-27(25)31)32(19-11-3,20-12-4)24-30(26,15-7)16-8/h21-22H,9-20,23-24H2,1-8H3. The van der Waals surface area contributed by atoms with E-state index in [0.717, 1.165) is 0 Å². The lowest BCUT2D eigenvalue weighted by atomic mass is 9.68. The highest BCUT2D eigenvalue weighted by atomic mass is 14.6. The summed E-state index contributed by atoms with van der Waals surface area (Å²) >= 11 is 0. The Kier molecular flexibility index (Phi) is 7.94. The summed E-state index contributed by atoms with van der Waals surface area (Å²) in [6.07, 6.45) is 18.7. The molecule has 0 radical (unpaired) electrons. The Morgan fingerprint density at radius 1 is 0.438 bits per heavy atom. The topological polar surface area (TPSA) is 0 Å². The van der Waals surface area contributed by atoms with E-state index in [4.69, 9.17) is 0 Å². The predicted molar refractivity (Wildman–Crippen MR) is 143 cm³/mol. The van der Waals surface area contributed by atoms with E-state index in [1.807, 2.05) is 0 Å². The Labute approximate surface area is 201 Å². The predicted octanol–water partition coefficient (Wildman–Crippen LogP) is 10.3. The molecule has 0 saturated heterocycles. The first kappa shape index (κ1) is 25.8. The van der Waals surface area contributed by atoms with Crippen molar-refractivity contribution in [1.82, 2.24) is 0 Å². The smallest absolute Gasteiger partial charge is 0.00357 e. The van der Waals surface area contributed by atoms with Gasteiger partial charge in [-0.3, -0.25) is 0 Å².